The number of ether oxygens (including phenoxy) is 1. The van der Waals surface area contributed by atoms with E-state index in [9.17, 15) is 0 Å². The second-order valence-electron chi connectivity index (χ2n) is 4.88. The Labute approximate surface area is 104 Å². The first-order valence-corrected chi connectivity index (χ1v) is 6.69. The van der Waals surface area contributed by atoms with E-state index in [1.807, 2.05) is 6.92 Å². The monoisotopic (exact) mass is 233 g/mol. The molecule has 1 N–H and O–H groups in total. The van der Waals surface area contributed by atoms with Crippen LogP contribution < -0.4 is 5.32 Å². The third-order valence-electron chi connectivity index (χ3n) is 3.34. The van der Waals surface area contributed by atoms with Crippen molar-refractivity contribution in [3.8, 4) is 0 Å². The van der Waals surface area contributed by atoms with E-state index < -0.39 is 0 Å². The first kappa shape index (κ1) is 12.6. The van der Waals surface area contributed by atoms with Crippen LogP contribution in [0.15, 0.2) is 24.3 Å². The summed E-state index contributed by atoms with van der Waals surface area (Å²) in [5.74, 6) is 0.833. The van der Waals surface area contributed by atoms with E-state index in [-0.39, 0.29) is 0 Å². The molecule has 2 heteroatoms. The Kier molecular flexibility index (Phi) is 4.57. The van der Waals surface area contributed by atoms with Crippen molar-refractivity contribution < 1.29 is 4.74 Å². The van der Waals surface area contributed by atoms with E-state index in [0.29, 0.717) is 6.04 Å². The summed E-state index contributed by atoms with van der Waals surface area (Å²) in [4.78, 5) is 0. The molecule has 0 amide bonds. The number of rotatable bonds is 7. The smallest absolute Gasteiger partial charge is 0.0590 e. The zero-order valence-corrected chi connectivity index (χ0v) is 10.9. The minimum atomic E-state index is 0.524. The molecule has 0 saturated heterocycles. The van der Waals surface area contributed by atoms with Crippen molar-refractivity contribution in [1.82, 2.24) is 5.32 Å². The fraction of sp³-hybridized carbons (Fsp3) is 0.600. The molecular weight excluding hydrogens is 210 g/mol. The Morgan fingerprint density at radius 1 is 1.29 bits per heavy atom. The molecule has 0 aromatic heterocycles. The van der Waals surface area contributed by atoms with Crippen LogP contribution in [0.1, 0.15) is 36.9 Å². The highest BCUT2D eigenvalue weighted by molar-refractivity contribution is 5.25. The summed E-state index contributed by atoms with van der Waals surface area (Å²) in [5.41, 5.74) is 2.76. The van der Waals surface area contributed by atoms with Gasteiger partial charge < -0.3 is 10.1 Å². The van der Waals surface area contributed by atoms with Crippen LogP contribution in [0.2, 0.25) is 0 Å². The molecule has 1 atom stereocenters. The average Bonchev–Trinajstić information content (AvgIpc) is 3.15. The van der Waals surface area contributed by atoms with Crippen LogP contribution in [0.25, 0.3) is 0 Å². The Bertz CT molecular complexity index is 329. The lowest BCUT2D eigenvalue weighted by Crippen LogP contribution is -2.26. The van der Waals surface area contributed by atoms with E-state index in [0.717, 1.165) is 25.7 Å². The van der Waals surface area contributed by atoms with Gasteiger partial charge in [-0.25, -0.2) is 0 Å². The summed E-state index contributed by atoms with van der Waals surface area (Å²) in [6, 6.07) is 9.44. The normalized spacial score (nSPS) is 17.1. The zero-order valence-electron chi connectivity index (χ0n) is 10.9. The fourth-order valence-electron chi connectivity index (χ4n) is 2.19. The van der Waals surface area contributed by atoms with Gasteiger partial charge in [-0.3, -0.25) is 0 Å². The SMILES string of the molecule is CCOCCNC(c1ccc(C)cc1)C1CC1. The maximum atomic E-state index is 5.38. The maximum absolute atomic E-state index is 5.38. The van der Waals surface area contributed by atoms with Crippen LogP contribution in [0, 0.1) is 12.8 Å². The summed E-state index contributed by atoms with van der Waals surface area (Å²) in [6.45, 7) is 6.74. The Morgan fingerprint density at radius 3 is 2.59 bits per heavy atom. The van der Waals surface area contributed by atoms with Crippen LogP contribution >= 0.6 is 0 Å². The third-order valence-corrected chi connectivity index (χ3v) is 3.34. The zero-order chi connectivity index (χ0) is 12.1. The van der Waals surface area contributed by atoms with Gasteiger partial charge in [0.25, 0.3) is 0 Å². The molecule has 1 fully saturated rings. The summed E-state index contributed by atoms with van der Waals surface area (Å²) in [7, 11) is 0. The van der Waals surface area contributed by atoms with E-state index in [4.69, 9.17) is 4.74 Å². The number of nitrogens with one attached hydrogen (secondary N) is 1. The summed E-state index contributed by atoms with van der Waals surface area (Å²) in [6.07, 6.45) is 2.72. The van der Waals surface area contributed by atoms with Gasteiger partial charge in [-0.1, -0.05) is 29.8 Å². The highest BCUT2D eigenvalue weighted by Gasteiger charge is 2.31. The van der Waals surface area contributed by atoms with Crippen molar-refractivity contribution in [2.75, 3.05) is 19.8 Å². The van der Waals surface area contributed by atoms with Gasteiger partial charge in [0, 0.05) is 19.2 Å². The number of hydrogen-bond acceptors (Lipinski definition) is 2. The predicted octanol–water partition coefficient (Wildman–Crippen LogP) is 3.07. The van der Waals surface area contributed by atoms with E-state index in [1.165, 1.54) is 24.0 Å². The van der Waals surface area contributed by atoms with Crippen LogP contribution in [0.3, 0.4) is 0 Å². The Morgan fingerprint density at radius 2 is 2.00 bits per heavy atom. The molecule has 1 aliphatic rings. The molecule has 17 heavy (non-hydrogen) atoms. The lowest BCUT2D eigenvalue weighted by molar-refractivity contribution is 0.146. The molecule has 2 rings (SSSR count). The minimum Gasteiger partial charge on any atom is -0.380 e. The largest absolute Gasteiger partial charge is 0.380 e. The first-order chi connectivity index (χ1) is 8.31. The molecule has 0 radical (unpaired) electrons. The topological polar surface area (TPSA) is 21.3 Å². The molecule has 0 heterocycles. The van der Waals surface area contributed by atoms with Crippen molar-refractivity contribution in [1.29, 1.82) is 0 Å². The summed E-state index contributed by atoms with van der Waals surface area (Å²) < 4.78 is 5.38. The number of hydrogen-bond donors (Lipinski definition) is 1. The summed E-state index contributed by atoms with van der Waals surface area (Å²) >= 11 is 0. The van der Waals surface area contributed by atoms with E-state index in [2.05, 4.69) is 36.5 Å². The predicted molar refractivity (Wildman–Crippen MR) is 71.1 cm³/mol. The molecule has 1 unspecified atom stereocenters. The molecule has 94 valence electrons. The van der Waals surface area contributed by atoms with Crippen LogP contribution in [0.5, 0.6) is 0 Å². The molecule has 1 aliphatic carbocycles. The molecule has 0 aliphatic heterocycles. The van der Waals surface area contributed by atoms with Crippen molar-refractivity contribution in [2.24, 2.45) is 5.92 Å². The molecule has 2 nitrogen and oxygen atoms in total. The van der Waals surface area contributed by atoms with Crippen molar-refractivity contribution >= 4 is 0 Å². The molecular formula is C15H23NO. The molecule has 0 spiro atoms. The van der Waals surface area contributed by atoms with Gasteiger partial charge in [0.1, 0.15) is 0 Å². The maximum Gasteiger partial charge on any atom is 0.0590 e. The average molecular weight is 233 g/mol. The molecule has 1 aromatic carbocycles. The van der Waals surface area contributed by atoms with Crippen molar-refractivity contribution in [3.05, 3.63) is 35.4 Å². The van der Waals surface area contributed by atoms with Gasteiger partial charge in [0.15, 0.2) is 0 Å². The van der Waals surface area contributed by atoms with Crippen LogP contribution in [-0.4, -0.2) is 19.8 Å². The van der Waals surface area contributed by atoms with Gasteiger partial charge >= 0.3 is 0 Å². The lowest BCUT2D eigenvalue weighted by Gasteiger charge is -2.19. The quantitative estimate of drug-likeness (QED) is 0.731. The fourth-order valence-corrected chi connectivity index (χ4v) is 2.19. The summed E-state index contributed by atoms with van der Waals surface area (Å²) in [5, 5.41) is 3.63. The molecule has 1 aromatic rings. The van der Waals surface area contributed by atoms with Crippen molar-refractivity contribution in [2.45, 2.75) is 32.7 Å². The van der Waals surface area contributed by atoms with Gasteiger partial charge in [0.2, 0.25) is 0 Å². The van der Waals surface area contributed by atoms with E-state index in [1.54, 1.807) is 0 Å². The van der Waals surface area contributed by atoms with E-state index >= 15 is 0 Å². The second kappa shape index (κ2) is 6.18. The first-order valence-electron chi connectivity index (χ1n) is 6.69. The Balaban J connectivity index is 1.90. The number of benzene rings is 1. The second-order valence-corrected chi connectivity index (χ2v) is 4.88. The number of aryl methyl sites for hydroxylation is 1. The third kappa shape index (κ3) is 3.83. The van der Waals surface area contributed by atoms with Crippen molar-refractivity contribution in [3.63, 3.8) is 0 Å². The van der Waals surface area contributed by atoms with Crippen LogP contribution in [0.4, 0.5) is 0 Å². The van der Waals surface area contributed by atoms with Gasteiger partial charge in [-0.05, 0) is 38.2 Å². The highest BCUT2D eigenvalue weighted by atomic mass is 16.5. The van der Waals surface area contributed by atoms with Crippen LogP contribution in [-0.2, 0) is 4.74 Å². The van der Waals surface area contributed by atoms with Gasteiger partial charge in [0.05, 0.1) is 6.61 Å². The molecule has 1 saturated carbocycles. The minimum absolute atomic E-state index is 0.524. The van der Waals surface area contributed by atoms with Gasteiger partial charge in [-0.15, -0.1) is 0 Å². The lowest BCUT2D eigenvalue weighted by atomic mass is 10.0. The molecule has 0 bridgehead atoms. The standard InChI is InChI=1S/C15H23NO/c1-3-17-11-10-16-15(14-8-9-14)13-6-4-12(2)5-7-13/h4-7,14-16H,3,8-11H2,1-2H3. The van der Waals surface area contributed by atoms with Gasteiger partial charge in [-0.2, -0.15) is 0 Å². The Hall–Kier alpha value is -0.860. The highest BCUT2D eigenvalue weighted by Crippen LogP contribution is 2.40.